The van der Waals surface area contributed by atoms with Gasteiger partial charge in [0.15, 0.2) is 0 Å². The topological polar surface area (TPSA) is 130 Å². The summed E-state index contributed by atoms with van der Waals surface area (Å²) in [7, 11) is 0. The first-order chi connectivity index (χ1) is 24.6. The standard InChI is InChI=1S/C33H60N6O6S6/c1-4-7-10-13-16-34-28(49)43-25(22-46)19-37-31(40)38(20-26(23-47)44-29(50)35-17-14-11-8-5-2)33(42)39(32(37)41)21-27(24-48)45-30(51)36-18-15-12-9-6-3/h25-27,46-48H,4-24H2,1-3H3,(H,34,49)(H,35,50)(H,36,51). The molecule has 1 heterocycles. The fourth-order valence-corrected chi connectivity index (χ4v) is 6.25. The number of unbranched alkanes of at least 4 members (excludes halogenated alkanes) is 9. The summed E-state index contributed by atoms with van der Waals surface area (Å²) in [5.74, 6) is 0.428. The third-order valence-electron chi connectivity index (χ3n) is 7.88. The summed E-state index contributed by atoms with van der Waals surface area (Å²) in [5.41, 5.74) is -2.51. The molecule has 18 heteroatoms. The minimum Gasteiger partial charge on any atom is -0.465 e. The maximum absolute atomic E-state index is 13.9. The fraction of sp³-hybridized carbons (Fsp3) is 0.818. The quantitative estimate of drug-likeness (QED) is 0.0426. The minimum atomic E-state index is -0.837. The highest BCUT2D eigenvalue weighted by Gasteiger charge is 2.24. The van der Waals surface area contributed by atoms with Gasteiger partial charge in [-0.15, -0.1) is 0 Å². The van der Waals surface area contributed by atoms with Crippen molar-refractivity contribution in [3.63, 3.8) is 0 Å². The summed E-state index contributed by atoms with van der Waals surface area (Å²) in [6, 6.07) is 0. The lowest BCUT2D eigenvalue weighted by molar-refractivity contribution is 0.159. The number of thiol groups is 3. The van der Waals surface area contributed by atoms with E-state index in [0.717, 1.165) is 90.8 Å². The van der Waals surface area contributed by atoms with Gasteiger partial charge in [-0.3, -0.25) is 0 Å². The van der Waals surface area contributed by atoms with E-state index in [1.165, 1.54) is 0 Å². The molecule has 12 nitrogen and oxygen atoms in total. The lowest BCUT2D eigenvalue weighted by atomic mass is 10.2. The van der Waals surface area contributed by atoms with Crippen LogP contribution in [-0.4, -0.2) is 84.4 Å². The number of thiocarbonyl (C=S) groups is 3. The highest BCUT2D eigenvalue weighted by atomic mass is 32.1. The molecule has 3 unspecified atom stereocenters. The van der Waals surface area contributed by atoms with Crippen LogP contribution in [0.15, 0.2) is 14.4 Å². The molecule has 0 aliphatic carbocycles. The van der Waals surface area contributed by atoms with Crippen molar-refractivity contribution in [2.75, 3.05) is 36.9 Å². The number of nitrogens with zero attached hydrogens (tertiary/aromatic N) is 3. The van der Waals surface area contributed by atoms with E-state index in [1.807, 2.05) is 0 Å². The third kappa shape index (κ3) is 19.4. The van der Waals surface area contributed by atoms with Crippen LogP contribution < -0.4 is 33.0 Å². The second kappa shape index (κ2) is 29.0. The number of nitrogens with one attached hydrogen (secondary N) is 3. The summed E-state index contributed by atoms with van der Waals surface area (Å²) in [6.07, 6.45) is 10.4. The van der Waals surface area contributed by atoms with Crippen molar-refractivity contribution in [3.05, 3.63) is 31.5 Å². The maximum atomic E-state index is 13.9. The number of rotatable bonds is 27. The molecule has 1 aromatic rings. The molecular weight excluding hydrogens is 769 g/mol. The summed E-state index contributed by atoms with van der Waals surface area (Å²) in [6.45, 7) is 7.68. The molecular formula is C33H60N6O6S6. The lowest BCUT2D eigenvalue weighted by Crippen LogP contribution is -2.58. The predicted molar refractivity (Wildman–Crippen MR) is 230 cm³/mol. The van der Waals surface area contributed by atoms with Crippen LogP contribution in [0.4, 0.5) is 0 Å². The Bertz CT molecular complexity index is 1160. The Morgan fingerprint density at radius 1 is 0.510 bits per heavy atom. The van der Waals surface area contributed by atoms with Crippen molar-refractivity contribution in [2.45, 2.75) is 136 Å². The first kappa shape index (κ1) is 47.6. The van der Waals surface area contributed by atoms with Gasteiger partial charge in [-0.2, -0.15) is 37.9 Å². The zero-order valence-electron chi connectivity index (χ0n) is 30.4. The largest absolute Gasteiger partial charge is 0.465 e. The second-order valence-electron chi connectivity index (χ2n) is 12.3. The van der Waals surface area contributed by atoms with Crippen LogP contribution in [0, 0.1) is 0 Å². The van der Waals surface area contributed by atoms with E-state index in [9.17, 15) is 14.4 Å². The van der Waals surface area contributed by atoms with Crippen molar-refractivity contribution < 1.29 is 14.2 Å². The summed E-state index contributed by atoms with van der Waals surface area (Å²) >= 11 is 29.3. The van der Waals surface area contributed by atoms with Gasteiger partial charge in [-0.1, -0.05) is 78.6 Å². The zero-order valence-corrected chi connectivity index (χ0v) is 35.6. The maximum Gasteiger partial charge on any atom is 0.336 e. The van der Waals surface area contributed by atoms with Crippen molar-refractivity contribution in [3.8, 4) is 0 Å². The molecule has 0 aliphatic heterocycles. The van der Waals surface area contributed by atoms with Crippen LogP contribution in [-0.2, 0) is 33.8 Å². The van der Waals surface area contributed by atoms with Gasteiger partial charge in [-0.05, 0) is 55.9 Å². The van der Waals surface area contributed by atoms with Gasteiger partial charge >= 0.3 is 17.1 Å². The Morgan fingerprint density at radius 2 is 0.765 bits per heavy atom. The zero-order chi connectivity index (χ0) is 38.0. The Labute approximate surface area is 336 Å². The van der Waals surface area contributed by atoms with Gasteiger partial charge in [0.05, 0.1) is 19.6 Å². The van der Waals surface area contributed by atoms with Gasteiger partial charge < -0.3 is 30.2 Å². The lowest BCUT2D eigenvalue weighted by Gasteiger charge is -2.23. The molecule has 1 rings (SSSR count). The minimum absolute atomic E-state index is 0.143. The first-order valence-electron chi connectivity index (χ1n) is 18.2. The molecule has 0 aliphatic rings. The fourth-order valence-electron chi connectivity index (χ4n) is 4.96. The molecule has 0 saturated heterocycles. The number of ether oxygens (including phenoxy) is 3. The number of hydrogen-bond donors (Lipinski definition) is 6. The van der Waals surface area contributed by atoms with Gasteiger partial charge in [0.2, 0.25) is 0 Å². The summed E-state index contributed by atoms with van der Waals surface area (Å²) < 4.78 is 20.5. The number of hydrogen-bond acceptors (Lipinski definition) is 12. The van der Waals surface area contributed by atoms with Crippen molar-refractivity contribution in [1.82, 2.24) is 29.7 Å². The van der Waals surface area contributed by atoms with Crippen LogP contribution in [0.3, 0.4) is 0 Å². The van der Waals surface area contributed by atoms with Crippen LogP contribution in [0.5, 0.6) is 0 Å². The smallest absolute Gasteiger partial charge is 0.336 e. The molecule has 3 atom stereocenters. The van der Waals surface area contributed by atoms with E-state index in [-0.39, 0.29) is 52.4 Å². The molecule has 0 aromatic carbocycles. The van der Waals surface area contributed by atoms with E-state index in [1.54, 1.807) is 0 Å². The molecule has 0 fully saturated rings. The van der Waals surface area contributed by atoms with E-state index in [2.05, 4.69) is 74.6 Å². The van der Waals surface area contributed by atoms with E-state index in [0.29, 0.717) is 19.6 Å². The monoisotopic (exact) mass is 828 g/mol. The normalized spacial score (nSPS) is 12.8. The average Bonchev–Trinajstić information content (AvgIpc) is 3.11. The Balaban J connectivity index is 3.35. The van der Waals surface area contributed by atoms with E-state index >= 15 is 0 Å². The van der Waals surface area contributed by atoms with Crippen molar-refractivity contribution >= 4 is 90.1 Å². The Hall–Kier alpha value is -1.47. The van der Waals surface area contributed by atoms with Gasteiger partial charge in [0, 0.05) is 36.9 Å². The second-order valence-corrected chi connectivity index (χ2v) is 14.5. The third-order valence-corrected chi connectivity index (χ3v) is 9.82. The summed E-state index contributed by atoms with van der Waals surface area (Å²) in [4.78, 5) is 41.7. The van der Waals surface area contributed by atoms with Crippen LogP contribution >= 0.6 is 74.5 Å². The SMILES string of the molecule is CCCCCCNC(=S)OC(CS)Cn1c(=O)n(CC(CS)OC(=S)NCCCCCC)c(=O)n(CC(CS)OC(=S)NCCCCCC)c1=O. The molecule has 294 valence electrons. The molecule has 0 radical (unpaired) electrons. The van der Waals surface area contributed by atoms with E-state index < -0.39 is 35.4 Å². The molecule has 0 bridgehead atoms. The van der Waals surface area contributed by atoms with Gasteiger partial charge in [0.1, 0.15) is 18.3 Å². The highest BCUT2D eigenvalue weighted by molar-refractivity contribution is 7.81. The van der Waals surface area contributed by atoms with Gasteiger partial charge in [-0.25, -0.2) is 28.1 Å². The first-order valence-corrected chi connectivity index (χ1v) is 21.3. The molecule has 0 amide bonds. The number of aromatic nitrogens is 3. The summed E-state index contributed by atoms with van der Waals surface area (Å²) in [5, 5.41) is 9.64. The molecule has 1 aromatic heterocycles. The Kier molecular flexibility index (Phi) is 27.0. The van der Waals surface area contributed by atoms with Crippen LogP contribution in [0.2, 0.25) is 0 Å². The molecule has 3 N–H and O–H groups in total. The van der Waals surface area contributed by atoms with Gasteiger partial charge in [0.25, 0.3) is 15.5 Å². The molecule has 0 saturated carbocycles. The van der Waals surface area contributed by atoms with Crippen LogP contribution in [0.1, 0.15) is 97.8 Å². The molecule has 0 spiro atoms. The average molecular weight is 829 g/mol. The Morgan fingerprint density at radius 3 is 0.980 bits per heavy atom. The van der Waals surface area contributed by atoms with Crippen LogP contribution in [0.25, 0.3) is 0 Å². The highest BCUT2D eigenvalue weighted by Crippen LogP contribution is 2.05. The predicted octanol–water partition coefficient (Wildman–Crippen LogP) is 4.48. The molecule has 51 heavy (non-hydrogen) atoms. The van der Waals surface area contributed by atoms with Crippen molar-refractivity contribution in [1.29, 1.82) is 0 Å². The van der Waals surface area contributed by atoms with Crippen molar-refractivity contribution in [2.24, 2.45) is 0 Å². The van der Waals surface area contributed by atoms with E-state index in [4.69, 9.17) is 50.9 Å².